The van der Waals surface area contributed by atoms with Crippen molar-refractivity contribution < 1.29 is 4.74 Å². The molecular formula is C15H18N4O. The molecule has 20 heavy (non-hydrogen) atoms. The first kappa shape index (κ1) is 12.6. The predicted octanol–water partition coefficient (Wildman–Crippen LogP) is 2.86. The van der Waals surface area contributed by atoms with Crippen molar-refractivity contribution in [3.8, 4) is 17.0 Å². The van der Waals surface area contributed by atoms with E-state index in [1.54, 1.807) is 4.68 Å². The molecule has 104 valence electrons. The Hall–Kier alpha value is -2.43. The largest absolute Gasteiger partial charge is 0.494 e. The van der Waals surface area contributed by atoms with Crippen LogP contribution in [0.1, 0.15) is 12.6 Å². The normalized spacial score (nSPS) is 11.2. The Labute approximate surface area is 117 Å². The summed E-state index contributed by atoms with van der Waals surface area (Å²) < 4.78 is 7.26. The summed E-state index contributed by atoms with van der Waals surface area (Å²) in [6.45, 7) is 4.67. The van der Waals surface area contributed by atoms with E-state index < -0.39 is 0 Å². The maximum Gasteiger partial charge on any atom is 0.121 e. The zero-order chi connectivity index (χ0) is 14.3. The van der Waals surface area contributed by atoms with Gasteiger partial charge >= 0.3 is 0 Å². The van der Waals surface area contributed by atoms with Gasteiger partial charge in [-0.05, 0) is 32.0 Å². The van der Waals surface area contributed by atoms with Crippen molar-refractivity contribution in [3.63, 3.8) is 0 Å². The third-order valence-electron chi connectivity index (χ3n) is 3.44. The second kappa shape index (κ2) is 4.59. The molecular weight excluding hydrogens is 252 g/mol. The molecule has 0 saturated carbocycles. The molecule has 1 aromatic carbocycles. The molecule has 0 aliphatic rings. The van der Waals surface area contributed by atoms with E-state index in [0.717, 1.165) is 33.6 Å². The molecule has 0 atom stereocenters. The van der Waals surface area contributed by atoms with Crippen LogP contribution in [0.4, 0.5) is 5.82 Å². The SMILES string of the molecule is CCOc1ccc2[nH]c(C)c(-c3cc(N)n(C)n3)c2c1. The lowest BCUT2D eigenvalue weighted by Gasteiger charge is -2.03. The fourth-order valence-electron chi connectivity index (χ4n) is 2.50. The average Bonchev–Trinajstić information content (AvgIpc) is 2.89. The maximum absolute atomic E-state index is 5.88. The number of anilines is 1. The van der Waals surface area contributed by atoms with Crippen LogP contribution in [0.25, 0.3) is 22.2 Å². The lowest BCUT2D eigenvalue weighted by Crippen LogP contribution is -1.96. The van der Waals surface area contributed by atoms with Crippen LogP contribution < -0.4 is 10.5 Å². The number of ether oxygens (including phenoxy) is 1. The van der Waals surface area contributed by atoms with E-state index in [0.29, 0.717) is 12.4 Å². The van der Waals surface area contributed by atoms with Crippen LogP contribution in [-0.4, -0.2) is 21.4 Å². The van der Waals surface area contributed by atoms with E-state index >= 15 is 0 Å². The molecule has 0 aliphatic heterocycles. The molecule has 0 fully saturated rings. The first-order chi connectivity index (χ1) is 9.60. The van der Waals surface area contributed by atoms with Gasteiger partial charge in [0.2, 0.25) is 0 Å². The van der Waals surface area contributed by atoms with Gasteiger partial charge in [-0.1, -0.05) is 0 Å². The van der Waals surface area contributed by atoms with Gasteiger partial charge in [0, 0.05) is 35.3 Å². The number of nitrogens with one attached hydrogen (secondary N) is 1. The van der Waals surface area contributed by atoms with Gasteiger partial charge in [0.15, 0.2) is 0 Å². The number of rotatable bonds is 3. The summed E-state index contributed by atoms with van der Waals surface area (Å²) in [5.74, 6) is 1.51. The van der Waals surface area contributed by atoms with Crippen LogP contribution in [-0.2, 0) is 7.05 Å². The van der Waals surface area contributed by atoms with E-state index in [1.165, 1.54) is 0 Å². The van der Waals surface area contributed by atoms with Gasteiger partial charge in [-0.2, -0.15) is 5.10 Å². The standard InChI is InChI=1S/C15H18N4O/c1-4-20-10-5-6-12-11(7-10)15(9(2)17-12)13-8-14(16)19(3)18-13/h5-8,17H,4,16H2,1-3H3. The van der Waals surface area contributed by atoms with Gasteiger partial charge in [0.1, 0.15) is 11.6 Å². The second-order valence-electron chi connectivity index (χ2n) is 4.84. The van der Waals surface area contributed by atoms with Crippen molar-refractivity contribution in [2.45, 2.75) is 13.8 Å². The Kier molecular flexibility index (Phi) is 2.89. The minimum Gasteiger partial charge on any atom is -0.494 e. The Bertz CT molecular complexity index is 750. The van der Waals surface area contributed by atoms with Crippen LogP contribution >= 0.6 is 0 Å². The molecule has 3 rings (SSSR count). The van der Waals surface area contributed by atoms with E-state index in [4.69, 9.17) is 10.5 Å². The highest BCUT2D eigenvalue weighted by molar-refractivity contribution is 5.97. The van der Waals surface area contributed by atoms with Gasteiger partial charge in [0.05, 0.1) is 12.3 Å². The lowest BCUT2D eigenvalue weighted by atomic mass is 10.1. The van der Waals surface area contributed by atoms with Crippen molar-refractivity contribution in [2.24, 2.45) is 7.05 Å². The van der Waals surface area contributed by atoms with Crippen molar-refractivity contribution in [2.75, 3.05) is 12.3 Å². The van der Waals surface area contributed by atoms with Gasteiger partial charge in [-0.15, -0.1) is 0 Å². The molecule has 3 aromatic rings. The quantitative estimate of drug-likeness (QED) is 0.769. The molecule has 2 heterocycles. The first-order valence-corrected chi connectivity index (χ1v) is 6.65. The number of hydrogen-bond acceptors (Lipinski definition) is 3. The maximum atomic E-state index is 5.88. The fraction of sp³-hybridized carbons (Fsp3) is 0.267. The number of hydrogen-bond donors (Lipinski definition) is 2. The van der Waals surface area contributed by atoms with E-state index in [2.05, 4.69) is 10.1 Å². The molecule has 0 saturated heterocycles. The predicted molar refractivity (Wildman–Crippen MR) is 80.8 cm³/mol. The summed E-state index contributed by atoms with van der Waals surface area (Å²) in [4.78, 5) is 3.38. The summed E-state index contributed by atoms with van der Waals surface area (Å²) in [5, 5.41) is 5.57. The number of aryl methyl sites for hydroxylation is 2. The summed E-state index contributed by atoms with van der Waals surface area (Å²) in [6, 6.07) is 7.94. The van der Waals surface area contributed by atoms with Crippen molar-refractivity contribution in [1.82, 2.24) is 14.8 Å². The van der Waals surface area contributed by atoms with Gasteiger partial charge in [-0.25, -0.2) is 0 Å². The highest BCUT2D eigenvalue weighted by atomic mass is 16.5. The van der Waals surface area contributed by atoms with Crippen LogP contribution in [0, 0.1) is 6.92 Å². The minimum atomic E-state index is 0.648. The summed E-state index contributed by atoms with van der Waals surface area (Å²) in [7, 11) is 1.84. The van der Waals surface area contributed by atoms with Crippen molar-refractivity contribution >= 4 is 16.7 Å². The number of fused-ring (bicyclic) bond motifs is 1. The van der Waals surface area contributed by atoms with Crippen LogP contribution in [0.5, 0.6) is 5.75 Å². The third kappa shape index (κ3) is 1.91. The number of H-pyrrole nitrogens is 1. The summed E-state index contributed by atoms with van der Waals surface area (Å²) in [6.07, 6.45) is 0. The average molecular weight is 270 g/mol. The van der Waals surface area contributed by atoms with Crippen LogP contribution in [0.3, 0.4) is 0 Å². The number of aromatic amines is 1. The molecule has 2 aromatic heterocycles. The number of benzene rings is 1. The van der Waals surface area contributed by atoms with Gasteiger partial charge in [0.25, 0.3) is 0 Å². The summed E-state index contributed by atoms with van der Waals surface area (Å²) in [5.41, 5.74) is 9.99. The molecule has 0 unspecified atom stereocenters. The molecule has 0 radical (unpaired) electrons. The van der Waals surface area contributed by atoms with Crippen LogP contribution in [0.2, 0.25) is 0 Å². The van der Waals surface area contributed by atoms with E-state index in [9.17, 15) is 0 Å². The van der Waals surface area contributed by atoms with E-state index in [1.807, 2.05) is 45.2 Å². The number of nitrogens with zero attached hydrogens (tertiary/aromatic N) is 2. The third-order valence-corrected chi connectivity index (χ3v) is 3.44. The monoisotopic (exact) mass is 270 g/mol. The van der Waals surface area contributed by atoms with Crippen molar-refractivity contribution in [1.29, 1.82) is 0 Å². The number of nitrogen functional groups attached to an aromatic ring is 1. The lowest BCUT2D eigenvalue weighted by molar-refractivity contribution is 0.341. The minimum absolute atomic E-state index is 0.648. The molecule has 5 nitrogen and oxygen atoms in total. The zero-order valence-corrected chi connectivity index (χ0v) is 11.9. The Morgan fingerprint density at radius 1 is 1.35 bits per heavy atom. The Morgan fingerprint density at radius 3 is 2.80 bits per heavy atom. The molecule has 0 aliphatic carbocycles. The topological polar surface area (TPSA) is 68.9 Å². The summed E-state index contributed by atoms with van der Waals surface area (Å²) >= 11 is 0. The van der Waals surface area contributed by atoms with Crippen molar-refractivity contribution in [3.05, 3.63) is 30.0 Å². The molecule has 3 N–H and O–H groups in total. The Morgan fingerprint density at radius 2 is 2.15 bits per heavy atom. The zero-order valence-electron chi connectivity index (χ0n) is 11.9. The Balaban J connectivity index is 2.22. The highest BCUT2D eigenvalue weighted by Crippen LogP contribution is 2.34. The van der Waals surface area contributed by atoms with E-state index in [-0.39, 0.29) is 0 Å². The van der Waals surface area contributed by atoms with Crippen LogP contribution in [0.15, 0.2) is 24.3 Å². The molecule has 0 spiro atoms. The number of nitrogens with two attached hydrogens (primary N) is 1. The molecule has 0 bridgehead atoms. The second-order valence-corrected chi connectivity index (χ2v) is 4.84. The highest BCUT2D eigenvalue weighted by Gasteiger charge is 2.14. The number of aromatic nitrogens is 3. The molecule has 5 heteroatoms. The fourth-order valence-corrected chi connectivity index (χ4v) is 2.50. The van der Waals surface area contributed by atoms with Gasteiger partial charge in [-0.3, -0.25) is 4.68 Å². The smallest absolute Gasteiger partial charge is 0.121 e. The first-order valence-electron chi connectivity index (χ1n) is 6.65. The molecule has 0 amide bonds. The van der Waals surface area contributed by atoms with Gasteiger partial charge < -0.3 is 15.5 Å².